The fourth-order valence-electron chi connectivity index (χ4n) is 1.56. The highest BCUT2D eigenvalue weighted by Crippen LogP contribution is 2.12. The molecule has 100 valence electrons. The van der Waals surface area contributed by atoms with Crippen LogP contribution < -0.4 is 11.0 Å². The van der Waals surface area contributed by atoms with E-state index < -0.39 is 0 Å². The van der Waals surface area contributed by atoms with Crippen LogP contribution in [0.25, 0.3) is 0 Å². The predicted octanol–water partition coefficient (Wildman–Crippen LogP) is 1.07. The van der Waals surface area contributed by atoms with Gasteiger partial charge in [0.05, 0.1) is 12.6 Å². The average Bonchev–Trinajstić information content (AvgIpc) is 2.90. The molecule has 3 N–H and O–H groups in total. The fraction of sp³-hybridized carbons (Fsp3) is 0.250. The first kappa shape index (κ1) is 13.3. The van der Waals surface area contributed by atoms with E-state index in [1.807, 2.05) is 18.4 Å². The lowest BCUT2D eigenvalue weighted by molar-refractivity contribution is -0.120. The van der Waals surface area contributed by atoms with Gasteiger partial charge in [0.15, 0.2) is 0 Å². The number of rotatable bonds is 4. The van der Waals surface area contributed by atoms with E-state index >= 15 is 0 Å². The van der Waals surface area contributed by atoms with Crippen molar-refractivity contribution in [2.24, 2.45) is 5.10 Å². The smallest absolute Gasteiger partial charge is 0.267 e. The third kappa shape index (κ3) is 3.19. The molecule has 0 atom stereocenters. The van der Waals surface area contributed by atoms with Crippen molar-refractivity contribution in [3.8, 4) is 0 Å². The van der Waals surface area contributed by atoms with Gasteiger partial charge in [-0.3, -0.25) is 14.7 Å². The Hall–Kier alpha value is -2.15. The number of hydrogen-bond acceptors (Lipinski definition) is 4. The van der Waals surface area contributed by atoms with E-state index in [2.05, 4.69) is 20.7 Å². The molecule has 0 bridgehead atoms. The molecule has 2 rings (SSSR count). The highest BCUT2D eigenvalue weighted by atomic mass is 32.1. The van der Waals surface area contributed by atoms with Gasteiger partial charge in [-0.2, -0.15) is 5.10 Å². The molecule has 2 aromatic heterocycles. The molecule has 0 spiro atoms. The third-order valence-corrected chi connectivity index (χ3v) is 3.65. The molecule has 0 aliphatic rings. The van der Waals surface area contributed by atoms with Gasteiger partial charge in [-0.15, -0.1) is 11.3 Å². The number of carbonyl (C=O) groups is 1. The van der Waals surface area contributed by atoms with Gasteiger partial charge >= 0.3 is 0 Å². The Morgan fingerprint density at radius 3 is 2.84 bits per heavy atom. The quantitative estimate of drug-likeness (QED) is 0.577. The first-order valence-corrected chi connectivity index (χ1v) is 6.58. The van der Waals surface area contributed by atoms with Crippen LogP contribution in [-0.4, -0.2) is 22.3 Å². The summed E-state index contributed by atoms with van der Waals surface area (Å²) in [6.07, 6.45) is 1.61. The van der Waals surface area contributed by atoms with Crippen molar-refractivity contribution in [1.29, 1.82) is 0 Å². The Morgan fingerprint density at radius 2 is 2.26 bits per heavy atom. The Balaban J connectivity index is 1.94. The molecule has 0 unspecified atom stereocenters. The highest BCUT2D eigenvalue weighted by molar-refractivity contribution is 7.11. The lowest BCUT2D eigenvalue weighted by atomic mass is 10.2. The van der Waals surface area contributed by atoms with Crippen molar-refractivity contribution in [3.05, 3.63) is 43.5 Å². The van der Waals surface area contributed by atoms with Gasteiger partial charge in [0.1, 0.15) is 0 Å². The molecule has 0 saturated heterocycles. The highest BCUT2D eigenvalue weighted by Gasteiger charge is 2.10. The van der Waals surface area contributed by atoms with Crippen LogP contribution in [0.5, 0.6) is 0 Å². The third-order valence-electron chi connectivity index (χ3n) is 2.70. The number of hydrogen-bond donors (Lipinski definition) is 3. The van der Waals surface area contributed by atoms with Crippen LogP contribution in [-0.2, 0) is 11.2 Å². The number of aromatic nitrogens is 2. The lowest BCUT2D eigenvalue weighted by Crippen LogP contribution is -2.23. The maximum Gasteiger partial charge on any atom is 0.267 e. The maximum atomic E-state index is 11.6. The van der Waals surface area contributed by atoms with Gasteiger partial charge in [-0.05, 0) is 30.9 Å². The minimum Gasteiger partial charge on any atom is -0.302 e. The van der Waals surface area contributed by atoms with E-state index in [0.717, 1.165) is 10.4 Å². The zero-order chi connectivity index (χ0) is 13.8. The molecule has 7 heteroatoms. The van der Waals surface area contributed by atoms with Crippen LogP contribution in [0.2, 0.25) is 0 Å². The molecule has 0 fully saturated rings. The summed E-state index contributed by atoms with van der Waals surface area (Å²) in [6.45, 7) is 3.71. The number of carbonyl (C=O) groups excluding carboxylic acids is 1. The Morgan fingerprint density at radius 1 is 1.47 bits per heavy atom. The summed E-state index contributed by atoms with van der Waals surface area (Å²) in [4.78, 5) is 24.0. The normalized spacial score (nSPS) is 11.1. The number of aryl methyl sites for hydroxylation is 2. The second kappa shape index (κ2) is 5.66. The van der Waals surface area contributed by atoms with Gasteiger partial charge in [0.2, 0.25) is 5.91 Å². The minimum atomic E-state index is -0.321. The Bertz CT molecular complexity index is 665. The molecule has 19 heavy (non-hydrogen) atoms. The van der Waals surface area contributed by atoms with Crippen molar-refractivity contribution >= 4 is 23.5 Å². The van der Waals surface area contributed by atoms with Crippen molar-refractivity contribution < 1.29 is 4.79 Å². The molecule has 0 radical (unpaired) electrons. The molecule has 0 saturated carbocycles. The van der Waals surface area contributed by atoms with Gasteiger partial charge in [-0.25, -0.2) is 5.43 Å². The van der Waals surface area contributed by atoms with Crippen LogP contribution in [0.15, 0.2) is 21.3 Å². The van der Waals surface area contributed by atoms with Gasteiger partial charge in [0, 0.05) is 16.1 Å². The van der Waals surface area contributed by atoms with Crippen molar-refractivity contribution in [1.82, 2.24) is 15.6 Å². The van der Waals surface area contributed by atoms with E-state index in [-0.39, 0.29) is 17.9 Å². The second-order valence-corrected chi connectivity index (χ2v) is 5.07. The zero-order valence-electron chi connectivity index (χ0n) is 10.6. The number of aromatic amines is 2. The maximum absolute atomic E-state index is 11.6. The van der Waals surface area contributed by atoms with Crippen LogP contribution in [0.3, 0.4) is 0 Å². The summed E-state index contributed by atoms with van der Waals surface area (Å²) >= 11 is 1.55. The summed E-state index contributed by atoms with van der Waals surface area (Å²) in [5.41, 5.74) is 4.35. The van der Waals surface area contributed by atoms with E-state index in [1.54, 1.807) is 24.5 Å². The SMILES string of the molecule is Cc1ccsc1/C=N/NC(=O)Cc1c(C)[nH][nH]c1=O. The Kier molecular flexibility index (Phi) is 3.96. The Labute approximate surface area is 113 Å². The fourth-order valence-corrected chi connectivity index (χ4v) is 2.35. The molecular formula is C12H14N4O2S. The zero-order valence-corrected chi connectivity index (χ0v) is 11.4. The lowest BCUT2D eigenvalue weighted by Gasteiger charge is -1.97. The van der Waals surface area contributed by atoms with Crippen LogP contribution in [0, 0.1) is 13.8 Å². The van der Waals surface area contributed by atoms with Crippen molar-refractivity contribution in [2.75, 3.05) is 0 Å². The van der Waals surface area contributed by atoms with Crippen molar-refractivity contribution in [3.63, 3.8) is 0 Å². The van der Waals surface area contributed by atoms with Gasteiger partial charge < -0.3 is 5.10 Å². The molecule has 0 aromatic carbocycles. The van der Waals surface area contributed by atoms with E-state index in [4.69, 9.17) is 0 Å². The van der Waals surface area contributed by atoms with E-state index in [0.29, 0.717) is 11.3 Å². The summed E-state index contributed by atoms with van der Waals surface area (Å²) in [5.74, 6) is -0.321. The molecule has 6 nitrogen and oxygen atoms in total. The molecule has 1 amide bonds. The van der Waals surface area contributed by atoms with E-state index in [9.17, 15) is 9.59 Å². The first-order valence-electron chi connectivity index (χ1n) is 5.70. The van der Waals surface area contributed by atoms with Gasteiger partial charge in [0.25, 0.3) is 5.56 Å². The average molecular weight is 278 g/mol. The molecule has 2 heterocycles. The minimum absolute atomic E-state index is 0.00539. The van der Waals surface area contributed by atoms with Crippen molar-refractivity contribution in [2.45, 2.75) is 20.3 Å². The van der Waals surface area contributed by atoms with E-state index in [1.165, 1.54) is 0 Å². The number of amides is 1. The summed E-state index contributed by atoms with van der Waals surface area (Å²) in [6, 6.07) is 1.98. The number of nitrogens with zero attached hydrogens (tertiary/aromatic N) is 1. The standard InChI is InChI=1S/C12H14N4O2S/c1-7-3-4-19-10(7)6-13-15-11(17)5-9-8(2)14-16-12(9)18/h3-4,6H,5H2,1-2H3,(H,15,17)(H2,14,16,18)/b13-6+. The molecule has 2 aromatic rings. The summed E-state index contributed by atoms with van der Waals surface area (Å²) < 4.78 is 0. The molecule has 0 aliphatic carbocycles. The first-order chi connectivity index (χ1) is 9.08. The van der Waals surface area contributed by atoms with Gasteiger partial charge in [-0.1, -0.05) is 0 Å². The van der Waals surface area contributed by atoms with Crippen LogP contribution >= 0.6 is 11.3 Å². The number of nitrogens with one attached hydrogen (secondary N) is 3. The number of hydrazone groups is 1. The molecular weight excluding hydrogens is 264 g/mol. The topological polar surface area (TPSA) is 90.1 Å². The molecule has 0 aliphatic heterocycles. The van der Waals surface area contributed by atoms with Crippen LogP contribution in [0.4, 0.5) is 0 Å². The van der Waals surface area contributed by atoms with Crippen LogP contribution in [0.1, 0.15) is 21.7 Å². The largest absolute Gasteiger partial charge is 0.302 e. The summed E-state index contributed by atoms with van der Waals surface area (Å²) in [5, 5.41) is 10.9. The summed E-state index contributed by atoms with van der Waals surface area (Å²) in [7, 11) is 0. The monoisotopic (exact) mass is 278 g/mol. The second-order valence-electron chi connectivity index (χ2n) is 4.12. The number of H-pyrrole nitrogens is 2. The number of thiophene rings is 1. The predicted molar refractivity (Wildman–Crippen MR) is 74.6 cm³/mol.